The fourth-order valence-corrected chi connectivity index (χ4v) is 2.71. The van der Waals surface area contributed by atoms with Gasteiger partial charge in [-0.05, 0) is 36.1 Å². The van der Waals surface area contributed by atoms with Crippen molar-refractivity contribution in [3.05, 3.63) is 64.5 Å². The number of thiophene rings is 1. The first-order valence-corrected chi connectivity index (χ1v) is 7.08. The summed E-state index contributed by atoms with van der Waals surface area (Å²) >= 11 is 1.43. The predicted molar refractivity (Wildman–Crippen MR) is 80.6 cm³/mol. The summed E-state index contributed by atoms with van der Waals surface area (Å²) in [5.41, 5.74) is 1.94. The number of aromatic nitrogens is 2. The number of nitrogens with one attached hydrogen (secondary N) is 1. The molecule has 0 saturated carbocycles. The zero-order chi connectivity index (χ0) is 13.9. The highest BCUT2D eigenvalue weighted by molar-refractivity contribution is 7.12. The number of hydrogen-bond acceptors (Lipinski definition) is 3. The van der Waals surface area contributed by atoms with Gasteiger partial charge in [-0.25, -0.2) is 4.68 Å². The standard InChI is InChI=1S/C15H13N3OS/c1-11-8-10-20-14(11)15(19)16-13-7-9-18(17-13)12-5-3-2-4-6-12/h2-10H,1H3,(H,16,17,19). The number of rotatable bonds is 3. The van der Waals surface area contributed by atoms with Gasteiger partial charge in [0.1, 0.15) is 0 Å². The molecule has 5 heteroatoms. The summed E-state index contributed by atoms with van der Waals surface area (Å²) < 4.78 is 1.73. The maximum Gasteiger partial charge on any atom is 0.267 e. The first-order chi connectivity index (χ1) is 9.74. The van der Waals surface area contributed by atoms with Gasteiger partial charge in [-0.1, -0.05) is 18.2 Å². The lowest BCUT2D eigenvalue weighted by Gasteiger charge is -2.02. The third-order valence-corrected chi connectivity index (χ3v) is 3.93. The Hall–Kier alpha value is -2.40. The van der Waals surface area contributed by atoms with Gasteiger partial charge in [0.25, 0.3) is 5.91 Å². The van der Waals surface area contributed by atoms with Crippen LogP contribution in [0.25, 0.3) is 5.69 Å². The van der Waals surface area contributed by atoms with E-state index >= 15 is 0 Å². The molecule has 20 heavy (non-hydrogen) atoms. The SMILES string of the molecule is Cc1ccsc1C(=O)Nc1ccn(-c2ccccc2)n1. The van der Waals surface area contributed by atoms with E-state index in [0.717, 1.165) is 16.1 Å². The molecular weight excluding hydrogens is 270 g/mol. The second-order valence-electron chi connectivity index (χ2n) is 4.37. The lowest BCUT2D eigenvalue weighted by atomic mass is 10.3. The van der Waals surface area contributed by atoms with Crippen LogP contribution in [0.15, 0.2) is 54.0 Å². The second-order valence-corrected chi connectivity index (χ2v) is 5.28. The number of hydrogen-bond donors (Lipinski definition) is 1. The quantitative estimate of drug-likeness (QED) is 0.799. The molecule has 1 N–H and O–H groups in total. The molecule has 0 spiro atoms. The van der Waals surface area contributed by atoms with E-state index in [1.54, 1.807) is 10.7 Å². The van der Waals surface area contributed by atoms with Crippen LogP contribution in [0.2, 0.25) is 0 Å². The van der Waals surface area contributed by atoms with E-state index in [1.165, 1.54) is 11.3 Å². The van der Waals surface area contributed by atoms with Crippen molar-refractivity contribution in [1.82, 2.24) is 9.78 Å². The van der Waals surface area contributed by atoms with Crippen molar-refractivity contribution in [3.63, 3.8) is 0 Å². The summed E-state index contributed by atoms with van der Waals surface area (Å²) in [4.78, 5) is 12.8. The van der Waals surface area contributed by atoms with Crippen molar-refractivity contribution < 1.29 is 4.79 Å². The minimum Gasteiger partial charge on any atom is -0.304 e. The molecule has 0 aliphatic carbocycles. The second kappa shape index (κ2) is 5.30. The molecule has 1 aromatic carbocycles. The first-order valence-electron chi connectivity index (χ1n) is 6.20. The van der Waals surface area contributed by atoms with Crippen LogP contribution in [-0.4, -0.2) is 15.7 Å². The average Bonchev–Trinajstić information content (AvgIpc) is 3.09. The Labute approximate surface area is 120 Å². The minimum absolute atomic E-state index is 0.115. The number of aryl methyl sites for hydroxylation is 1. The van der Waals surface area contributed by atoms with Crippen LogP contribution in [0, 0.1) is 6.92 Å². The predicted octanol–water partition coefficient (Wildman–Crippen LogP) is 3.49. The van der Waals surface area contributed by atoms with Crippen molar-refractivity contribution in [2.45, 2.75) is 6.92 Å². The molecule has 0 aliphatic heterocycles. The Balaban J connectivity index is 1.78. The van der Waals surface area contributed by atoms with Crippen LogP contribution in [0.5, 0.6) is 0 Å². The van der Waals surface area contributed by atoms with Crippen LogP contribution in [0.3, 0.4) is 0 Å². The molecule has 0 unspecified atom stereocenters. The van der Waals surface area contributed by atoms with Gasteiger partial charge >= 0.3 is 0 Å². The smallest absolute Gasteiger partial charge is 0.267 e. The third kappa shape index (κ3) is 2.48. The fourth-order valence-electron chi connectivity index (χ4n) is 1.89. The zero-order valence-corrected chi connectivity index (χ0v) is 11.7. The number of amides is 1. The average molecular weight is 283 g/mol. The van der Waals surface area contributed by atoms with Gasteiger partial charge in [0.2, 0.25) is 0 Å². The molecule has 1 amide bonds. The molecule has 100 valence electrons. The number of carbonyl (C=O) groups is 1. The lowest BCUT2D eigenvalue weighted by molar-refractivity contribution is 0.102. The Morgan fingerprint density at radius 3 is 2.70 bits per heavy atom. The van der Waals surface area contributed by atoms with Gasteiger partial charge in [-0.2, -0.15) is 5.10 Å². The number of nitrogens with zero attached hydrogens (tertiary/aromatic N) is 2. The van der Waals surface area contributed by atoms with E-state index in [1.807, 2.05) is 54.9 Å². The van der Waals surface area contributed by atoms with Crippen molar-refractivity contribution in [2.24, 2.45) is 0 Å². The number of para-hydroxylation sites is 1. The Morgan fingerprint density at radius 2 is 2.00 bits per heavy atom. The van der Waals surface area contributed by atoms with E-state index in [-0.39, 0.29) is 5.91 Å². The Kier molecular flexibility index (Phi) is 3.35. The summed E-state index contributed by atoms with van der Waals surface area (Å²) in [6, 6.07) is 13.5. The molecule has 0 saturated heterocycles. The third-order valence-electron chi connectivity index (χ3n) is 2.92. The van der Waals surface area contributed by atoms with Gasteiger partial charge in [0.05, 0.1) is 10.6 Å². The van der Waals surface area contributed by atoms with E-state index < -0.39 is 0 Å². The summed E-state index contributed by atoms with van der Waals surface area (Å²) in [5.74, 6) is 0.433. The molecular formula is C15H13N3OS. The molecule has 2 heterocycles. The monoisotopic (exact) mass is 283 g/mol. The molecule has 3 aromatic rings. The molecule has 0 fully saturated rings. The van der Waals surface area contributed by atoms with Gasteiger partial charge < -0.3 is 5.32 Å². The summed E-state index contributed by atoms with van der Waals surface area (Å²) in [6.07, 6.45) is 1.83. The fraction of sp³-hybridized carbons (Fsp3) is 0.0667. The van der Waals surface area contributed by atoms with Crippen molar-refractivity contribution in [3.8, 4) is 5.69 Å². The van der Waals surface area contributed by atoms with Crippen LogP contribution in [0.1, 0.15) is 15.2 Å². The summed E-state index contributed by atoms with van der Waals surface area (Å²) in [5, 5.41) is 9.07. The van der Waals surface area contributed by atoms with Gasteiger partial charge in [-0.15, -0.1) is 11.3 Å². The van der Waals surface area contributed by atoms with Crippen molar-refractivity contribution in [2.75, 3.05) is 5.32 Å². The maximum atomic E-state index is 12.1. The Bertz CT molecular complexity index is 730. The van der Waals surface area contributed by atoms with E-state index in [9.17, 15) is 4.79 Å². The van der Waals surface area contributed by atoms with Gasteiger partial charge in [0, 0.05) is 12.3 Å². The molecule has 0 bridgehead atoms. The molecule has 0 aliphatic rings. The summed E-state index contributed by atoms with van der Waals surface area (Å²) in [7, 11) is 0. The van der Waals surface area contributed by atoms with Crippen molar-refractivity contribution >= 4 is 23.1 Å². The van der Waals surface area contributed by atoms with Gasteiger partial charge in [-0.3, -0.25) is 4.79 Å². The maximum absolute atomic E-state index is 12.1. The van der Waals surface area contributed by atoms with Gasteiger partial charge in [0.15, 0.2) is 5.82 Å². The zero-order valence-electron chi connectivity index (χ0n) is 10.9. The minimum atomic E-state index is -0.115. The van der Waals surface area contributed by atoms with Crippen LogP contribution in [-0.2, 0) is 0 Å². The molecule has 0 radical (unpaired) electrons. The molecule has 3 rings (SSSR count). The number of carbonyl (C=O) groups excluding carboxylic acids is 1. The van der Waals surface area contributed by atoms with Crippen LogP contribution < -0.4 is 5.32 Å². The van der Waals surface area contributed by atoms with E-state index in [2.05, 4.69) is 10.4 Å². The van der Waals surface area contributed by atoms with E-state index in [4.69, 9.17) is 0 Å². The first kappa shape index (κ1) is 12.6. The van der Waals surface area contributed by atoms with Crippen LogP contribution >= 0.6 is 11.3 Å². The van der Waals surface area contributed by atoms with E-state index in [0.29, 0.717) is 5.82 Å². The molecule has 0 atom stereocenters. The highest BCUT2D eigenvalue weighted by Gasteiger charge is 2.12. The molecule has 4 nitrogen and oxygen atoms in total. The molecule has 2 aromatic heterocycles. The van der Waals surface area contributed by atoms with Crippen LogP contribution in [0.4, 0.5) is 5.82 Å². The van der Waals surface area contributed by atoms with Crippen molar-refractivity contribution in [1.29, 1.82) is 0 Å². The highest BCUT2D eigenvalue weighted by Crippen LogP contribution is 2.17. The topological polar surface area (TPSA) is 46.9 Å². The highest BCUT2D eigenvalue weighted by atomic mass is 32.1. The number of anilines is 1. The normalized spacial score (nSPS) is 10.4. The Morgan fingerprint density at radius 1 is 1.20 bits per heavy atom. The lowest BCUT2D eigenvalue weighted by Crippen LogP contribution is -2.12. The number of benzene rings is 1. The largest absolute Gasteiger partial charge is 0.304 e. The summed E-state index contributed by atoms with van der Waals surface area (Å²) in [6.45, 7) is 1.92.